The topological polar surface area (TPSA) is 75.6 Å². The molecule has 2 aromatic heterocycles. The number of anilines is 1. The molecule has 0 amide bonds. The summed E-state index contributed by atoms with van der Waals surface area (Å²) >= 11 is 7.57. The molecule has 0 unspecified atom stereocenters. The summed E-state index contributed by atoms with van der Waals surface area (Å²) in [4.78, 5) is 23.1. The third kappa shape index (κ3) is 3.59. The van der Waals surface area contributed by atoms with E-state index < -0.39 is 5.97 Å². The number of carboxylic acids is 1. The molecular weight excluding hydrogens is 374 g/mol. The lowest BCUT2D eigenvalue weighted by Crippen LogP contribution is -2.26. The van der Waals surface area contributed by atoms with Gasteiger partial charge in [0.2, 0.25) is 5.28 Å². The molecule has 1 N–H and O–H groups in total. The average molecular weight is 392 g/mol. The Bertz CT molecular complexity index is 956. The summed E-state index contributed by atoms with van der Waals surface area (Å²) in [7, 11) is 1.68. The van der Waals surface area contributed by atoms with Gasteiger partial charge in [-0.1, -0.05) is 12.1 Å². The fraction of sp³-hybridized carbons (Fsp3) is 0.278. The number of aliphatic carboxylic acids is 1. The van der Waals surface area contributed by atoms with Crippen molar-refractivity contribution in [1.82, 2.24) is 9.97 Å². The maximum atomic E-state index is 11.1. The number of halogens is 1. The van der Waals surface area contributed by atoms with Crippen molar-refractivity contribution in [1.29, 1.82) is 0 Å². The number of hydrogen-bond donors (Lipinski definition) is 1. The number of carboxylic acid groups (broad SMARTS) is 1. The summed E-state index contributed by atoms with van der Waals surface area (Å²) in [6, 6.07) is 7.79. The summed E-state index contributed by atoms with van der Waals surface area (Å²) in [6.45, 7) is 4.37. The van der Waals surface area contributed by atoms with E-state index in [1.807, 2.05) is 38.1 Å². The quantitative estimate of drug-likeness (QED) is 0.633. The highest BCUT2D eigenvalue weighted by Gasteiger charge is 2.21. The molecule has 2 heterocycles. The van der Waals surface area contributed by atoms with Gasteiger partial charge in [0.25, 0.3) is 0 Å². The van der Waals surface area contributed by atoms with Crippen molar-refractivity contribution in [2.45, 2.75) is 13.8 Å². The van der Waals surface area contributed by atoms with Crippen LogP contribution in [0.5, 0.6) is 5.75 Å². The lowest BCUT2D eigenvalue weighted by Gasteiger charge is -2.17. The summed E-state index contributed by atoms with van der Waals surface area (Å²) in [5, 5.41) is 10.0. The molecule has 1 aromatic carbocycles. The van der Waals surface area contributed by atoms with Crippen molar-refractivity contribution in [3.63, 3.8) is 0 Å². The molecule has 0 saturated carbocycles. The molecule has 136 valence electrons. The second-order valence-electron chi connectivity index (χ2n) is 5.74. The zero-order valence-electron chi connectivity index (χ0n) is 14.6. The number of nitrogens with zero attached hydrogens (tertiary/aromatic N) is 3. The summed E-state index contributed by atoms with van der Waals surface area (Å²) in [5.74, 6) is 0.372. The molecule has 0 atom stereocenters. The van der Waals surface area contributed by atoms with Gasteiger partial charge in [0, 0.05) is 17.5 Å². The first kappa shape index (κ1) is 18.4. The van der Waals surface area contributed by atoms with Gasteiger partial charge in [-0.2, -0.15) is 4.98 Å². The molecule has 0 radical (unpaired) electrons. The minimum Gasteiger partial charge on any atom is -0.494 e. The van der Waals surface area contributed by atoms with E-state index in [-0.39, 0.29) is 11.8 Å². The molecule has 6 nitrogen and oxygen atoms in total. The van der Waals surface area contributed by atoms with E-state index >= 15 is 0 Å². The number of aryl methyl sites for hydroxylation is 1. The minimum absolute atomic E-state index is 0.101. The fourth-order valence-electron chi connectivity index (χ4n) is 2.85. The number of aromatic nitrogens is 2. The predicted molar refractivity (Wildman–Crippen MR) is 105 cm³/mol. The molecule has 3 rings (SSSR count). The third-order valence-electron chi connectivity index (χ3n) is 3.87. The van der Waals surface area contributed by atoms with Gasteiger partial charge < -0.3 is 14.7 Å². The van der Waals surface area contributed by atoms with E-state index in [1.165, 1.54) is 11.3 Å². The highest BCUT2D eigenvalue weighted by atomic mass is 35.5. The average Bonchev–Trinajstić information content (AvgIpc) is 2.90. The standard InChI is InChI=1S/C18H18ClN3O3S/c1-4-25-12-7-5-11(6-8-12)14-10(2)26-17-15(14)16(20-18(19)21-17)22(3)9-13(23)24/h5-8H,4,9H2,1-3H3,(H,23,24). The fourth-order valence-corrected chi connectivity index (χ4v) is 4.11. The lowest BCUT2D eigenvalue weighted by atomic mass is 10.0. The van der Waals surface area contributed by atoms with Crippen LogP contribution < -0.4 is 9.64 Å². The molecule has 0 spiro atoms. The molecular formula is C18H18ClN3O3S. The Morgan fingerprint density at radius 1 is 1.31 bits per heavy atom. The Kier molecular flexibility index (Phi) is 5.29. The monoisotopic (exact) mass is 391 g/mol. The van der Waals surface area contributed by atoms with Crippen molar-refractivity contribution < 1.29 is 14.6 Å². The van der Waals surface area contributed by atoms with Crippen LogP contribution >= 0.6 is 22.9 Å². The second kappa shape index (κ2) is 7.47. The number of rotatable bonds is 6. The van der Waals surface area contributed by atoms with Crippen LogP contribution in [-0.4, -0.2) is 41.2 Å². The Balaban J connectivity index is 2.18. The maximum absolute atomic E-state index is 11.1. The normalized spacial score (nSPS) is 10.9. The zero-order valence-corrected chi connectivity index (χ0v) is 16.2. The molecule has 8 heteroatoms. The van der Waals surface area contributed by atoms with E-state index in [2.05, 4.69) is 9.97 Å². The van der Waals surface area contributed by atoms with Gasteiger partial charge in [-0.15, -0.1) is 11.3 Å². The Morgan fingerprint density at radius 2 is 2.00 bits per heavy atom. The number of fused-ring (bicyclic) bond motifs is 1. The van der Waals surface area contributed by atoms with Crippen LogP contribution in [0.2, 0.25) is 5.28 Å². The van der Waals surface area contributed by atoms with Gasteiger partial charge in [-0.25, -0.2) is 4.98 Å². The van der Waals surface area contributed by atoms with Gasteiger partial charge in [0.05, 0.1) is 12.0 Å². The van der Waals surface area contributed by atoms with Gasteiger partial charge in [0.15, 0.2) is 0 Å². The van der Waals surface area contributed by atoms with E-state index in [0.717, 1.165) is 32.0 Å². The maximum Gasteiger partial charge on any atom is 0.323 e. The van der Waals surface area contributed by atoms with E-state index in [0.29, 0.717) is 12.4 Å². The summed E-state index contributed by atoms with van der Waals surface area (Å²) in [6.07, 6.45) is 0. The minimum atomic E-state index is -0.940. The van der Waals surface area contributed by atoms with Gasteiger partial charge in [-0.05, 0) is 43.1 Å². The van der Waals surface area contributed by atoms with Gasteiger partial charge >= 0.3 is 5.97 Å². The molecule has 0 fully saturated rings. The first-order valence-corrected chi connectivity index (χ1v) is 9.23. The van der Waals surface area contributed by atoms with E-state index in [1.54, 1.807) is 11.9 Å². The van der Waals surface area contributed by atoms with Crippen LogP contribution in [0, 0.1) is 6.92 Å². The van der Waals surface area contributed by atoms with Crippen molar-refractivity contribution in [3.05, 3.63) is 34.4 Å². The molecule has 0 saturated heterocycles. The van der Waals surface area contributed by atoms with Crippen molar-refractivity contribution >= 4 is 44.9 Å². The number of carbonyl (C=O) groups is 1. The highest BCUT2D eigenvalue weighted by molar-refractivity contribution is 7.19. The second-order valence-corrected chi connectivity index (χ2v) is 7.28. The van der Waals surface area contributed by atoms with Crippen LogP contribution in [0.1, 0.15) is 11.8 Å². The number of ether oxygens (including phenoxy) is 1. The van der Waals surface area contributed by atoms with Crippen molar-refractivity contribution in [3.8, 4) is 16.9 Å². The first-order chi connectivity index (χ1) is 12.4. The van der Waals surface area contributed by atoms with Gasteiger partial charge in [0.1, 0.15) is 22.9 Å². The smallest absolute Gasteiger partial charge is 0.323 e. The van der Waals surface area contributed by atoms with Crippen molar-refractivity contribution in [2.75, 3.05) is 25.1 Å². The van der Waals surface area contributed by atoms with Crippen LogP contribution in [0.3, 0.4) is 0 Å². The lowest BCUT2D eigenvalue weighted by molar-refractivity contribution is -0.135. The highest BCUT2D eigenvalue weighted by Crippen LogP contribution is 2.42. The van der Waals surface area contributed by atoms with Crippen LogP contribution in [0.4, 0.5) is 5.82 Å². The Hall–Kier alpha value is -2.38. The van der Waals surface area contributed by atoms with Crippen molar-refractivity contribution in [2.24, 2.45) is 0 Å². The Labute approximate surface area is 160 Å². The van der Waals surface area contributed by atoms with Crippen LogP contribution in [-0.2, 0) is 4.79 Å². The third-order valence-corrected chi connectivity index (χ3v) is 5.04. The van der Waals surface area contributed by atoms with Gasteiger partial charge in [-0.3, -0.25) is 4.79 Å². The summed E-state index contributed by atoms with van der Waals surface area (Å²) < 4.78 is 5.50. The zero-order chi connectivity index (χ0) is 18.8. The van der Waals surface area contributed by atoms with Crippen LogP contribution in [0.25, 0.3) is 21.3 Å². The molecule has 0 aliphatic carbocycles. The molecule has 26 heavy (non-hydrogen) atoms. The van der Waals surface area contributed by atoms with E-state index in [9.17, 15) is 4.79 Å². The number of thiophene rings is 1. The number of benzene rings is 1. The number of hydrogen-bond acceptors (Lipinski definition) is 6. The molecule has 0 aliphatic rings. The number of likely N-dealkylation sites (N-methyl/N-ethyl adjacent to an activating group) is 1. The molecule has 0 bridgehead atoms. The Morgan fingerprint density at radius 3 is 2.62 bits per heavy atom. The van der Waals surface area contributed by atoms with E-state index in [4.69, 9.17) is 21.4 Å². The SMILES string of the molecule is CCOc1ccc(-c2c(C)sc3nc(Cl)nc(N(C)CC(=O)O)c23)cc1. The predicted octanol–water partition coefficient (Wildman–Crippen LogP) is 4.24. The first-order valence-electron chi connectivity index (χ1n) is 8.03. The van der Waals surface area contributed by atoms with Crippen LogP contribution in [0.15, 0.2) is 24.3 Å². The summed E-state index contributed by atoms with van der Waals surface area (Å²) in [5.41, 5.74) is 1.98. The molecule has 0 aliphatic heterocycles. The molecule has 3 aromatic rings. The largest absolute Gasteiger partial charge is 0.494 e.